The Morgan fingerprint density at radius 2 is 2.21 bits per heavy atom. The number of piperidine rings is 1. The Labute approximate surface area is 117 Å². The summed E-state index contributed by atoms with van der Waals surface area (Å²) in [6, 6.07) is 4.76. The molecule has 1 aromatic heterocycles. The molecule has 1 aliphatic rings. The van der Waals surface area contributed by atoms with Gasteiger partial charge in [-0.3, -0.25) is 4.98 Å². The van der Waals surface area contributed by atoms with Gasteiger partial charge in [0.25, 0.3) is 0 Å². The van der Waals surface area contributed by atoms with Crippen LogP contribution < -0.4 is 10.2 Å². The molecule has 1 N–H and O–H groups in total. The van der Waals surface area contributed by atoms with Crippen LogP contribution in [0.5, 0.6) is 0 Å². The zero-order chi connectivity index (χ0) is 13.9. The minimum absolute atomic E-state index is 0.367. The van der Waals surface area contributed by atoms with Crippen molar-refractivity contribution in [1.82, 2.24) is 10.3 Å². The predicted octanol–water partition coefficient (Wildman–Crippen LogP) is 3.38. The van der Waals surface area contributed by atoms with E-state index in [-0.39, 0.29) is 0 Å². The van der Waals surface area contributed by atoms with Gasteiger partial charge in [0, 0.05) is 19.1 Å². The van der Waals surface area contributed by atoms with Crippen molar-refractivity contribution in [1.29, 1.82) is 0 Å². The second kappa shape index (κ2) is 5.91. The minimum atomic E-state index is 0.367. The number of aromatic nitrogens is 1. The highest BCUT2D eigenvalue weighted by atomic mass is 15.1. The van der Waals surface area contributed by atoms with E-state index in [9.17, 15) is 0 Å². The predicted molar refractivity (Wildman–Crippen MR) is 81.6 cm³/mol. The van der Waals surface area contributed by atoms with Crippen LogP contribution in [0.4, 0.5) is 5.69 Å². The first-order chi connectivity index (χ1) is 9.05. The van der Waals surface area contributed by atoms with Crippen molar-refractivity contribution in [3.63, 3.8) is 0 Å². The smallest absolute Gasteiger partial charge is 0.0574 e. The third kappa shape index (κ3) is 3.47. The molecular formula is C16H27N3. The lowest BCUT2D eigenvalue weighted by Gasteiger charge is -2.39. The van der Waals surface area contributed by atoms with Gasteiger partial charge in [0.2, 0.25) is 0 Å². The summed E-state index contributed by atoms with van der Waals surface area (Å²) in [7, 11) is 2.00. The highest BCUT2D eigenvalue weighted by molar-refractivity contribution is 5.45. The van der Waals surface area contributed by atoms with Crippen LogP contribution in [-0.2, 0) is 0 Å². The van der Waals surface area contributed by atoms with Crippen LogP contribution in [0.1, 0.15) is 51.8 Å². The zero-order valence-electron chi connectivity index (χ0n) is 12.7. The normalized spacial score (nSPS) is 20.3. The Kier molecular flexibility index (Phi) is 4.46. The average Bonchev–Trinajstić information content (AvgIpc) is 2.40. The van der Waals surface area contributed by atoms with Crippen LogP contribution in [0.2, 0.25) is 0 Å². The number of hydrogen-bond acceptors (Lipinski definition) is 3. The lowest BCUT2D eigenvalue weighted by molar-refractivity contribution is 0.293. The van der Waals surface area contributed by atoms with Gasteiger partial charge in [-0.25, -0.2) is 0 Å². The molecule has 2 rings (SSSR count). The van der Waals surface area contributed by atoms with Crippen molar-refractivity contribution in [2.75, 3.05) is 25.0 Å². The Hall–Kier alpha value is -1.09. The van der Waals surface area contributed by atoms with E-state index in [0.717, 1.165) is 25.2 Å². The second-order valence-corrected chi connectivity index (χ2v) is 6.38. The Balaban J connectivity index is 2.10. The zero-order valence-corrected chi connectivity index (χ0v) is 12.7. The highest BCUT2D eigenvalue weighted by Crippen LogP contribution is 2.31. The largest absolute Gasteiger partial charge is 0.370 e. The molecular weight excluding hydrogens is 234 g/mol. The molecule has 0 saturated carbocycles. The van der Waals surface area contributed by atoms with Crippen molar-refractivity contribution in [2.45, 2.75) is 46.1 Å². The molecule has 0 bridgehead atoms. The van der Waals surface area contributed by atoms with Crippen LogP contribution >= 0.6 is 0 Å². The quantitative estimate of drug-likeness (QED) is 0.900. The Morgan fingerprint density at radius 1 is 1.42 bits per heavy atom. The molecule has 1 aromatic rings. The fraction of sp³-hybridized carbons (Fsp3) is 0.688. The first-order valence-electron chi connectivity index (χ1n) is 7.44. The monoisotopic (exact) mass is 261 g/mol. The van der Waals surface area contributed by atoms with Crippen LogP contribution in [0.25, 0.3) is 0 Å². The van der Waals surface area contributed by atoms with Gasteiger partial charge in [-0.2, -0.15) is 0 Å². The molecule has 3 heteroatoms. The standard InChI is InChI=1S/C16H27N3/c1-5-14(17-4)15-8-7-13(11-18-15)19-10-6-9-16(2,3)12-19/h7-8,11,14,17H,5-6,9-10,12H2,1-4H3. The third-order valence-corrected chi connectivity index (χ3v) is 4.15. The number of nitrogens with zero attached hydrogens (tertiary/aromatic N) is 2. The van der Waals surface area contributed by atoms with Gasteiger partial charge in [-0.05, 0) is 43.9 Å². The van der Waals surface area contributed by atoms with Gasteiger partial charge in [-0.1, -0.05) is 20.8 Å². The van der Waals surface area contributed by atoms with E-state index in [2.05, 4.69) is 48.1 Å². The van der Waals surface area contributed by atoms with Crippen LogP contribution in [-0.4, -0.2) is 25.1 Å². The Bertz CT molecular complexity index is 393. The van der Waals surface area contributed by atoms with Gasteiger partial charge in [0.15, 0.2) is 0 Å². The molecule has 0 aliphatic carbocycles. The summed E-state index contributed by atoms with van der Waals surface area (Å²) >= 11 is 0. The van der Waals surface area contributed by atoms with Gasteiger partial charge in [0.1, 0.15) is 0 Å². The van der Waals surface area contributed by atoms with Crippen molar-refractivity contribution >= 4 is 5.69 Å². The SMILES string of the molecule is CCC(NC)c1ccc(N2CCCC(C)(C)C2)cn1. The van der Waals surface area contributed by atoms with Gasteiger partial charge >= 0.3 is 0 Å². The molecule has 1 unspecified atom stereocenters. The van der Waals surface area contributed by atoms with E-state index in [1.807, 2.05) is 13.2 Å². The number of pyridine rings is 1. The maximum Gasteiger partial charge on any atom is 0.0574 e. The molecule has 19 heavy (non-hydrogen) atoms. The molecule has 0 spiro atoms. The number of rotatable bonds is 4. The van der Waals surface area contributed by atoms with Crippen molar-refractivity contribution < 1.29 is 0 Å². The topological polar surface area (TPSA) is 28.2 Å². The summed E-state index contributed by atoms with van der Waals surface area (Å²) in [6.45, 7) is 9.19. The molecule has 0 amide bonds. The minimum Gasteiger partial charge on any atom is -0.370 e. The summed E-state index contributed by atoms with van der Waals surface area (Å²) in [6.07, 6.45) is 5.71. The first kappa shape index (κ1) is 14.3. The summed E-state index contributed by atoms with van der Waals surface area (Å²) in [5.41, 5.74) is 2.83. The van der Waals surface area contributed by atoms with Crippen molar-refractivity contribution in [3.8, 4) is 0 Å². The third-order valence-electron chi connectivity index (χ3n) is 4.15. The van der Waals surface area contributed by atoms with E-state index >= 15 is 0 Å². The second-order valence-electron chi connectivity index (χ2n) is 6.38. The highest BCUT2D eigenvalue weighted by Gasteiger charge is 2.26. The molecule has 3 nitrogen and oxygen atoms in total. The summed E-state index contributed by atoms with van der Waals surface area (Å²) in [4.78, 5) is 7.11. The molecule has 2 heterocycles. The summed E-state index contributed by atoms with van der Waals surface area (Å²) in [5, 5.41) is 3.30. The molecule has 1 atom stereocenters. The van der Waals surface area contributed by atoms with E-state index in [1.54, 1.807) is 0 Å². The lowest BCUT2D eigenvalue weighted by Crippen LogP contribution is -2.40. The maximum atomic E-state index is 4.64. The molecule has 0 aromatic carbocycles. The van der Waals surface area contributed by atoms with Gasteiger partial charge in [-0.15, -0.1) is 0 Å². The molecule has 0 radical (unpaired) electrons. The maximum absolute atomic E-state index is 4.64. The Morgan fingerprint density at radius 3 is 2.74 bits per heavy atom. The molecule has 106 valence electrons. The van der Waals surface area contributed by atoms with Crippen molar-refractivity contribution in [2.24, 2.45) is 5.41 Å². The van der Waals surface area contributed by atoms with E-state index in [1.165, 1.54) is 18.5 Å². The fourth-order valence-electron chi connectivity index (χ4n) is 3.00. The van der Waals surface area contributed by atoms with E-state index in [0.29, 0.717) is 11.5 Å². The fourth-order valence-corrected chi connectivity index (χ4v) is 3.00. The van der Waals surface area contributed by atoms with Crippen molar-refractivity contribution in [3.05, 3.63) is 24.0 Å². The van der Waals surface area contributed by atoms with Gasteiger partial charge in [0.05, 0.1) is 17.6 Å². The number of hydrogen-bond donors (Lipinski definition) is 1. The lowest BCUT2D eigenvalue weighted by atomic mass is 9.84. The summed E-state index contributed by atoms with van der Waals surface area (Å²) < 4.78 is 0. The van der Waals surface area contributed by atoms with Crippen LogP contribution in [0.3, 0.4) is 0 Å². The van der Waals surface area contributed by atoms with Crippen LogP contribution in [0, 0.1) is 5.41 Å². The van der Waals surface area contributed by atoms with E-state index in [4.69, 9.17) is 0 Å². The molecule has 1 fully saturated rings. The average molecular weight is 261 g/mol. The summed E-state index contributed by atoms with van der Waals surface area (Å²) in [5.74, 6) is 0. The molecule has 1 saturated heterocycles. The van der Waals surface area contributed by atoms with Crippen LogP contribution in [0.15, 0.2) is 18.3 Å². The molecule has 1 aliphatic heterocycles. The van der Waals surface area contributed by atoms with Gasteiger partial charge < -0.3 is 10.2 Å². The van der Waals surface area contributed by atoms with E-state index < -0.39 is 0 Å². The first-order valence-corrected chi connectivity index (χ1v) is 7.44. The number of nitrogens with one attached hydrogen (secondary N) is 1. The number of anilines is 1.